The van der Waals surface area contributed by atoms with Crippen LogP contribution in [0.25, 0.3) is 0 Å². The molecule has 3 heteroatoms. The quantitative estimate of drug-likeness (QED) is 0.634. The molecule has 0 saturated heterocycles. The number of carboxylic acids is 1. The first-order valence-corrected chi connectivity index (χ1v) is 4.80. The summed E-state index contributed by atoms with van der Waals surface area (Å²) < 4.78 is 0. The third-order valence-corrected chi connectivity index (χ3v) is 2.27. The lowest BCUT2D eigenvalue weighted by Crippen LogP contribution is -2.30. The largest absolute Gasteiger partial charge is 0.478 e. The van der Waals surface area contributed by atoms with Crippen molar-refractivity contribution < 1.29 is 9.90 Å². The van der Waals surface area contributed by atoms with Crippen LogP contribution in [0.5, 0.6) is 0 Å². The SMILES string of the molecule is C=C(CN(CCC)C1CC1)C(=O)O. The number of carbonyl (C=O) groups is 1. The average molecular weight is 183 g/mol. The highest BCUT2D eigenvalue weighted by molar-refractivity contribution is 5.86. The van der Waals surface area contributed by atoms with Crippen molar-refractivity contribution in [2.24, 2.45) is 0 Å². The summed E-state index contributed by atoms with van der Waals surface area (Å²) in [5.74, 6) is -0.873. The van der Waals surface area contributed by atoms with Gasteiger partial charge in [0.15, 0.2) is 0 Å². The van der Waals surface area contributed by atoms with Crippen molar-refractivity contribution >= 4 is 5.97 Å². The van der Waals surface area contributed by atoms with Crippen molar-refractivity contribution in [2.45, 2.75) is 32.2 Å². The van der Waals surface area contributed by atoms with Crippen molar-refractivity contribution in [3.8, 4) is 0 Å². The molecule has 13 heavy (non-hydrogen) atoms. The Morgan fingerprint density at radius 1 is 1.62 bits per heavy atom. The number of hydrogen-bond donors (Lipinski definition) is 1. The smallest absolute Gasteiger partial charge is 0.332 e. The zero-order valence-electron chi connectivity index (χ0n) is 8.12. The van der Waals surface area contributed by atoms with Gasteiger partial charge in [-0.25, -0.2) is 4.79 Å². The monoisotopic (exact) mass is 183 g/mol. The van der Waals surface area contributed by atoms with Crippen LogP contribution in [0.2, 0.25) is 0 Å². The van der Waals surface area contributed by atoms with Crippen molar-refractivity contribution in [3.05, 3.63) is 12.2 Å². The third-order valence-electron chi connectivity index (χ3n) is 2.27. The molecule has 1 rings (SSSR count). The van der Waals surface area contributed by atoms with E-state index in [1.54, 1.807) is 0 Å². The molecule has 0 amide bonds. The Kier molecular flexibility index (Phi) is 3.48. The predicted octanol–water partition coefficient (Wildman–Crippen LogP) is 1.50. The molecule has 1 saturated carbocycles. The lowest BCUT2D eigenvalue weighted by Gasteiger charge is -2.20. The van der Waals surface area contributed by atoms with E-state index in [4.69, 9.17) is 5.11 Å². The molecular weight excluding hydrogens is 166 g/mol. The molecule has 3 nitrogen and oxygen atoms in total. The second kappa shape index (κ2) is 4.42. The highest BCUT2D eigenvalue weighted by Crippen LogP contribution is 2.27. The Morgan fingerprint density at radius 3 is 2.62 bits per heavy atom. The fourth-order valence-corrected chi connectivity index (χ4v) is 1.43. The molecule has 0 atom stereocenters. The topological polar surface area (TPSA) is 40.5 Å². The van der Waals surface area contributed by atoms with Crippen LogP contribution in [-0.4, -0.2) is 35.1 Å². The maximum absolute atomic E-state index is 10.6. The van der Waals surface area contributed by atoms with Crippen LogP contribution in [0.1, 0.15) is 26.2 Å². The molecule has 1 N–H and O–H groups in total. The number of rotatable bonds is 6. The lowest BCUT2D eigenvalue weighted by atomic mass is 10.2. The molecule has 0 spiro atoms. The summed E-state index contributed by atoms with van der Waals surface area (Å²) in [5, 5.41) is 8.68. The van der Waals surface area contributed by atoms with E-state index < -0.39 is 5.97 Å². The van der Waals surface area contributed by atoms with Gasteiger partial charge in [0, 0.05) is 18.2 Å². The zero-order valence-corrected chi connectivity index (χ0v) is 8.12. The van der Waals surface area contributed by atoms with Gasteiger partial charge in [-0.1, -0.05) is 13.5 Å². The molecule has 1 aliphatic rings. The van der Waals surface area contributed by atoms with E-state index in [-0.39, 0.29) is 0 Å². The molecule has 0 aromatic rings. The van der Waals surface area contributed by atoms with Crippen LogP contribution in [0.4, 0.5) is 0 Å². The average Bonchev–Trinajstić information content (AvgIpc) is 2.85. The van der Waals surface area contributed by atoms with Crippen LogP contribution in [0.15, 0.2) is 12.2 Å². The minimum Gasteiger partial charge on any atom is -0.478 e. The number of aliphatic carboxylic acids is 1. The van der Waals surface area contributed by atoms with Gasteiger partial charge in [-0.15, -0.1) is 0 Å². The van der Waals surface area contributed by atoms with Crippen LogP contribution in [0.3, 0.4) is 0 Å². The molecule has 0 bridgehead atoms. The van der Waals surface area contributed by atoms with Gasteiger partial charge in [0.25, 0.3) is 0 Å². The summed E-state index contributed by atoms with van der Waals surface area (Å²) in [7, 11) is 0. The van der Waals surface area contributed by atoms with Crippen molar-refractivity contribution in [3.63, 3.8) is 0 Å². The van der Waals surface area contributed by atoms with Gasteiger partial charge in [-0.2, -0.15) is 0 Å². The van der Waals surface area contributed by atoms with E-state index in [0.717, 1.165) is 13.0 Å². The highest BCUT2D eigenvalue weighted by atomic mass is 16.4. The molecule has 0 aromatic heterocycles. The van der Waals surface area contributed by atoms with Gasteiger partial charge in [-0.05, 0) is 25.8 Å². The number of nitrogens with zero attached hydrogens (tertiary/aromatic N) is 1. The standard InChI is InChI=1S/C10H17NO2/c1-3-6-11(9-4-5-9)7-8(2)10(12)13/h9H,2-7H2,1H3,(H,12,13). The van der Waals surface area contributed by atoms with Gasteiger partial charge in [0.05, 0.1) is 0 Å². The van der Waals surface area contributed by atoms with Crippen LogP contribution in [-0.2, 0) is 4.79 Å². The fourth-order valence-electron chi connectivity index (χ4n) is 1.43. The van der Waals surface area contributed by atoms with Crippen molar-refractivity contribution in [1.29, 1.82) is 0 Å². The van der Waals surface area contributed by atoms with Crippen molar-refractivity contribution in [1.82, 2.24) is 4.90 Å². The first-order chi connectivity index (χ1) is 6.15. The molecule has 0 aliphatic heterocycles. The predicted molar refractivity (Wildman–Crippen MR) is 51.7 cm³/mol. The third kappa shape index (κ3) is 3.19. The summed E-state index contributed by atoms with van der Waals surface area (Å²) >= 11 is 0. The van der Waals surface area contributed by atoms with Gasteiger partial charge >= 0.3 is 5.97 Å². The summed E-state index contributed by atoms with van der Waals surface area (Å²) in [6.07, 6.45) is 3.50. The number of hydrogen-bond acceptors (Lipinski definition) is 2. The van der Waals surface area contributed by atoms with Crippen LogP contribution >= 0.6 is 0 Å². The Hall–Kier alpha value is -0.830. The summed E-state index contributed by atoms with van der Waals surface area (Å²) in [6, 6.07) is 0.621. The Balaban J connectivity index is 2.37. The number of carboxylic acid groups (broad SMARTS) is 1. The van der Waals surface area contributed by atoms with E-state index in [9.17, 15) is 4.79 Å². The molecule has 1 fully saturated rings. The molecule has 0 radical (unpaired) electrons. The Labute approximate surface area is 79.0 Å². The summed E-state index contributed by atoms with van der Waals surface area (Å²) in [5.41, 5.74) is 0.306. The van der Waals surface area contributed by atoms with E-state index in [1.807, 2.05) is 0 Å². The van der Waals surface area contributed by atoms with Gasteiger partial charge < -0.3 is 5.11 Å². The first-order valence-electron chi connectivity index (χ1n) is 4.80. The second-order valence-electron chi connectivity index (χ2n) is 3.61. The van der Waals surface area contributed by atoms with E-state index in [0.29, 0.717) is 18.2 Å². The minimum atomic E-state index is -0.873. The second-order valence-corrected chi connectivity index (χ2v) is 3.61. The maximum Gasteiger partial charge on any atom is 0.332 e. The van der Waals surface area contributed by atoms with E-state index in [1.165, 1.54) is 12.8 Å². The van der Waals surface area contributed by atoms with Crippen LogP contribution < -0.4 is 0 Å². The Morgan fingerprint density at radius 2 is 2.23 bits per heavy atom. The first kappa shape index (κ1) is 10.3. The molecule has 0 unspecified atom stereocenters. The maximum atomic E-state index is 10.6. The normalized spacial score (nSPS) is 16.2. The molecule has 0 heterocycles. The minimum absolute atomic E-state index is 0.306. The van der Waals surface area contributed by atoms with Crippen molar-refractivity contribution in [2.75, 3.05) is 13.1 Å². The van der Waals surface area contributed by atoms with E-state index >= 15 is 0 Å². The summed E-state index contributed by atoms with van der Waals surface area (Å²) in [4.78, 5) is 12.8. The molecule has 74 valence electrons. The van der Waals surface area contributed by atoms with Gasteiger partial charge in [-0.3, -0.25) is 4.90 Å². The molecular formula is C10H17NO2. The van der Waals surface area contributed by atoms with Crippen LogP contribution in [0, 0.1) is 0 Å². The highest BCUT2D eigenvalue weighted by Gasteiger charge is 2.29. The lowest BCUT2D eigenvalue weighted by molar-refractivity contribution is -0.132. The summed E-state index contributed by atoms with van der Waals surface area (Å²) in [6.45, 7) is 7.16. The van der Waals surface area contributed by atoms with Gasteiger partial charge in [0.2, 0.25) is 0 Å². The molecule has 0 aromatic carbocycles. The Bertz CT molecular complexity index is 209. The van der Waals surface area contributed by atoms with E-state index in [2.05, 4.69) is 18.4 Å². The molecule has 1 aliphatic carbocycles. The zero-order chi connectivity index (χ0) is 9.84. The fraction of sp³-hybridized carbons (Fsp3) is 0.700. The van der Waals surface area contributed by atoms with Gasteiger partial charge in [0.1, 0.15) is 0 Å².